The quantitative estimate of drug-likeness (QED) is 0.640. The zero-order chi connectivity index (χ0) is 14.8. The van der Waals surface area contributed by atoms with Crippen LogP contribution < -0.4 is 11.1 Å². The molecule has 0 atom stereocenters. The average Bonchev–Trinajstić information content (AvgIpc) is 2.47. The predicted octanol–water partition coefficient (Wildman–Crippen LogP) is 2.11. The van der Waals surface area contributed by atoms with Gasteiger partial charge in [-0.1, -0.05) is 26.2 Å². The van der Waals surface area contributed by atoms with Crippen molar-refractivity contribution in [1.29, 1.82) is 0 Å². The monoisotopic (exact) mass is 300 g/mol. The van der Waals surface area contributed by atoms with Gasteiger partial charge in [0, 0.05) is 25.1 Å². The highest BCUT2D eigenvalue weighted by Crippen LogP contribution is 2.38. The Morgan fingerprint density at radius 1 is 1.25 bits per heavy atom. The van der Waals surface area contributed by atoms with Crippen molar-refractivity contribution in [3.63, 3.8) is 0 Å². The fourth-order valence-corrected chi connectivity index (χ4v) is 3.53. The maximum Gasteiger partial charge on any atom is 0.220 e. The summed E-state index contributed by atoms with van der Waals surface area (Å²) in [4.78, 5) is 23.1. The number of nitrogens with one attached hydrogen (secondary N) is 1. The first kappa shape index (κ1) is 17.5. The molecule has 1 rings (SSSR count). The van der Waals surface area contributed by atoms with Crippen molar-refractivity contribution in [1.82, 2.24) is 5.32 Å². The lowest BCUT2D eigenvalue weighted by Crippen LogP contribution is -2.39. The Labute approximate surface area is 126 Å². The van der Waals surface area contributed by atoms with E-state index in [2.05, 4.69) is 5.32 Å². The van der Waals surface area contributed by atoms with E-state index in [9.17, 15) is 9.59 Å². The molecule has 0 heterocycles. The van der Waals surface area contributed by atoms with Gasteiger partial charge in [0.2, 0.25) is 5.91 Å². The summed E-state index contributed by atoms with van der Waals surface area (Å²) in [5.74, 6) is 1.73. The Kier molecular flexibility index (Phi) is 8.22. The summed E-state index contributed by atoms with van der Waals surface area (Å²) in [5.41, 5.74) is 5.93. The Morgan fingerprint density at radius 3 is 2.55 bits per heavy atom. The molecule has 0 aromatic carbocycles. The molecule has 1 aliphatic carbocycles. The van der Waals surface area contributed by atoms with Gasteiger partial charge in [0.15, 0.2) is 0 Å². The Bertz CT molecular complexity index is 315. The number of Topliss-reactive ketones (excluding diaryl/α,β-unsaturated/α-hetero) is 1. The second-order valence-electron chi connectivity index (χ2n) is 5.74. The molecule has 0 radical (unpaired) electrons. The zero-order valence-electron chi connectivity index (χ0n) is 12.6. The van der Waals surface area contributed by atoms with Crippen LogP contribution in [0.3, 0.4) is 0 Å². The number of hydrogen-bond acceptors (Lipinski definition) is 4. The van der Waals surface area contributed by atoms with Crippen LogP contribution >= 0.6 is 11.8 Å². The topological polar surface area (TPSA) is 72.2 Å². The molecule has 1 aliphatic rings. The van der Waals surface area contributed by atoms with Crippen LogP contribution in [0.25, 0.3) is 0 Å². The summed E-state index contributed by atoms with van der Waals surface area (Å²) in [5, 5.41) is 2.95. The van der Waals surface area contributed by atoms with Crippen LogP contribution in [0.2, 0.25) is 0 Å². The Balaban J connectivity index is 2.17. The van der Waals surface area contributed by atoms with Crippen LogP contribution in [0.15, 0.2) is 0 Å². The van der Waals surface area contributed by atoms with Gasteiger partial charge in [-0.25, -0.2) is 0 Å². The average molecular weight is 300 g/mol. The molecule has 0 bridgehead atoms. The molecule has 1 fully saturated rings. The summed E-state index contributed by atoms with van der Waals surface area (Å²) in [6.07, 6.45) is 6.97. The maximum atomic E-state index is 12.0. The minimum atomic E-state index is 0.0354. The van der Waals surface area contributed by atoms with E-state index in [1.54, 1.807) is 11.8 Å². The largest absolute Gasteiger partial charge is 0.355 e. The number of carbonyl (C=O) groups excluding carboxylic acids is 2. The van der Waals surface area contributed by atoms with Gasteiger partial charge in [-0.05, 0) is 24.8 Å². The molecule has 0 saturated heterocycles. The van der Waals surface area contributed by atoms with E-state index in [1.807, 2.05) is 6.92 Å². The summed E-state index contributed by atoms with van der Waals surface area (Å²) < 4.78 is 0. The number of nitrogens with two attached hydrogens (primary N) is 1. The third-order valence-corrected chi connectivity index (χ3v) is 5.13. The number of amides is 1. The van der Waals surface area contributed by atoms with Gasteiger partial charge in [-0.3, -0.25) is 9.59 Å². The molecule has 0 unspecified atom stereocenters. The number of thioether (sulfide) groups is 1. The molecular weight excluding hydrogens is 272 g/mol. The van der Waals surface area contributed by atoms with Crippen LogP contribution in [0, 0.1) is 5.41 Å². The highest BCUT2D eigenvalue weighted by atomic mass is 32.2. The van der Waals surface area contributed by atoms with Crippen LogP contribution in [-0.4, -0.2) is 36.3 Å². The summed E-state index contributed by atoms with van der Waals surface area (Å²) >= 11 is 1.59. The molecule has 0 spiro atoms. The molecule has 1 saturated carbocycles. The zero-order valence-corrected chi connectivity index (χ0v) is 13.4. The molecule has 20 heavy (non-hydrogen) atoms. The van der Waals surface area contributed by atoms with Gasteiger partial charge >= 0.3 is 0 Å². The molecule has 0 aromatic rings. The minimum absolute atomic E-state index is 0.0354. The maximum absolute atomic E-state index is 12.0. The van der Waals surface area contributed by atoms with Crippen molar-refractivity contribution in [3.05, 3.63) is 0 Å². The van der Waals surface area contributed by atoms with Crippen molar-refractivity contribution in [2.24, 2.45) is 11.1 Å². The minimum Gasteiger partial charge on any atom is -0.355 e. The van der Waals surface area contributed by atoms with E-state index >= 15 is 0 Å². The van der Waals surface area contributed by atoms with E-state index < -0.39 is 0 Å². The highest BCUT2D eigenvalue weighted by molar-refractivity contribution is 7.99. The lowest BCUT2D eigenvalue weighted by atomic mass is 9.72. The fraction of sp³-hybridized carbons (Fsp3) is 0.867. The lowest BCUT2D eigenvalue weighted by molar-refractivity contribution is -0.123. The van der Waals surface area contributed by atoms with Crippen LogP contribution in [0.5, 0.6) is 0 Å². The van der Waals surface area contributed by atoms with Crippen molar-refractivity contribution >= 4 is 23.5 Å². The second kappa shape index (κ2) is 9.40. The number of rotatable bonds is 9. The third-order valence-electron chi connectivity index (χ3n) is 4.11. The van der Waals surface area contributed by atoms with Gasteiger partial charge in [-0.2, -0.15) is 11.8 Å². The number of carbonyl (C=O) groups is 2. The first-order valence-electron chi connectivity index (χ1n) is 7.68. The summed E-state index contributed by atoms with van der Waals surface area (Å²) in [7, 11) is 0. The first-order valence-corrected chi connectivity index (χ1v) is 8.83. The Morgan fingerprint density at radius 2 is 1.95 bits per heavy atom. The van der Waals surface area contributed by atoms with Crippen molar-refractivity contribution in [3.8, 4) is 0 Å². The van der Waals surface area contributed by atoms with Crippen LogP contribution in [0.1, 0.15) is 51.9 Å². The lowest BCUT2D eigenvalue weighted by Gasteiger charge is -2.35. The van der Waals surface area contributed by atoms with Crippen molar-refractivity contribution in [2.45, 2.75) is 51.9 Å². The number of hydrogen-bond donors (Lipinski definition) is 2. The van der Waals surface area contributed by atoms with Gasteiger partial charge in [-0.15, -0.1) is 0 Å². The van der Waals surface area contributed by atoms with Crippen LogP contribution in [-0.2, 0) is 9.59 Å². The second-order valence-corrected chi connectivity index (χ2v) is 6.84. The van der Waals surface area contributed by atoms with Crippen LogP contribution in [0.4, 0.5) is 0 Å². The third kappa shape index (κ3) is 6.27. The van der Waals surface area contributed by atoms with E-state index in [1.165, 1.54) is 19.3 Å². The van der Waals surface area contributed by atoms with Crippen molar-refractivity contribution in [2.75, 3.05) is 24.6 Å². The van der Waals surface area contributed by atoms with Gasteiger partial charge in [0.05, 0.1) is 5.75 Å². The molecule has 116 valence electrons. The highest BCUT2D eigenvalue weighted by Gasteiger charge is 2.32. The summed E-state index contributed by atoms with van der Waals surface area (Å²) in [6, 6.07) is 0. The van der Waals surface area contributed by atoms with Crippen molar-refractivity contribution < 1.29 is 9.59 Å². The Hall–Kier alpha value is -0.550. The molecule has 4 nitrogen and oxygen atoms in total. The number of ketones is 1. The smallest absolute Gasteiger partial charge is 0.220 e. The molecular formula is C15H28N2O2S. The first-order chi connectivity index (χ1) is 9.62. The molecule has 0 aromatic heterocycles. The molecule has 5 heteroatoms. The van der Waals surface area contributed by atoms with Gasteiger partial charge < -0.3 is 11.1 Å². The van der Waals surface area contributed by atoms with E-state index in [4.69, 9.17) is 5.73 Å². The van der Waals surface area contributed by atoms with E-state index in [0.717, 1.165) is 18.6 Å². The fourth-order valence-electron chi connectivity index (χ4n) is 2.71. The van der Waals surface area contributed by atoms with Gasteiger partial charge in [0.1, 0.15) is 5.78 Å². The SMILES string of the molecule is CCC(=O)CSCCNC(=O)CC1(CN)CCCCC1. The van der Waals surface area contributed by atoms with E-state index in [-0.39, 0.29) is 17.1 Å². The molecule has 1 amide bonds. The normalized spacial score (nSPS) is 17.7. The van der Waals surface area contributed by atoms with E-state index in [0.29, 0.717) is 31.7 Å². The standard InChI is InChI=1S/C15H28N2O2S/c1-2-13(18)11-20-9-8-17-14(19)10-15(12-16)6-4-3-5-7-15/h2-12,16H2,1H3,(H,17,19). The molecule has 3 N–H and O–H groups in total. The van der Waals surface area contributed by atoms with Gasteiger partial charge in [0.25, 0.3) is 0 Å². The molecule has 0 aliphatic heterocycles. The predicted molar refractivity (Wildman–Crippen MR) is 84.8 cm³/mol. The summed E-state index contributed by atoms with van der Waals surface area (Å²) in [6.45, 7) is 3.13.